The van der Waals surface area contributed by atoms with E-state index in [2.05, 4.69) is 13.8 Å². The first kappa shape index (κ1) is 34.9. The number of hydrogen-bond acceptors (Lipinski definition) is 4. The lowest BCUT2D eigenvalue weighted by Gasteiger charge is -2.37. The molecule has 0 N–H and O–H groups in total. The van der Waals surface area contributed by atoms with E-state index < -0.39 is 25.2 Å². The van der Waals surface area contributed by atoms with Crippen molar-refractivity contribution in [2.24, 2.45) is 35.5 Å². The van der Waals surface area contributed by atoms with Crippen molar-refractivity contribution in [3.8, 4) is 0 Å². The molecule has 2 aliphatic heterocycles. The maximum absolute atomic E-state index is 12.1. The standard InChI is InChI=1S/C16H27F3O2.C15H25F3O2/c1-2-12-5-7-14(8-6-12)15-20-10-13(11-21-15)4-3-9-16(17,18)19;1-11-4-6-13(7-5-11)14-19-9-12(10-20-14)3-2-8-15(16,17)18/h12-15H,2-11H2,1H3;11-14H,2-10H2,1H3. The SMILES string of the molecule is CC1CCC(C2OCC(CCCC(F)(F)F)CO2)CC1.CCC1CCC(C2OCC(CCCC(F)(F)F)CO2)CC1. The average molecular weight is 603 g/mol. The van der Waals surface area contributed by atoms with Gasteiger partial charge in [0.15, 0.2) is 12.6 Å². The van der Waals surface area contributed by atoms with Gasteiger partial charge in [-0.15, -0.1) is 0 Å². The molecule has 4 nitrogen and oxygen atoms in total. The molecule has 0 aromatic carbocycles. The molecule has 0 spiro atoms. The zero-order chi connectivity index (χ0) is 29.9. The van der Waals surface area contributed by atoms with Gasteiger partial charge in [0.05, 0.1) is 26.4 Å². The van der Waals surface area contributed by atoms with Crippen LogP contribution < -0.4 is 0 Å². The average Bonchev–Trinajstić information content (AvgIpc) is 2.93. The topological polar surface area (TPSA) is 36.9 Å². The Morgan fingerprint density at radius 1 is 0.537 bits per heavy atom. The van der Waals surface area contributed by atoms with Crippen LogP contribution in [-0.4, -0.2) is 51.4 Å². The Morgan fingerprint density at radius 3 is 1.24 bits per heavy atom. The van der Waals surface area contributed by atoms with E-state index in [1.165, 1.54) is 32.1 Å². The Labute approximate surface area is 242 Å². The molecule has 2 heterocycles. The van der Waals surface area contributed by atoms with Gasteiger partial charge in [0.1, 0.15) is 0 Å². The molecule has 41 heavy (non-hydrogen) atoms. The van der Waals surface area contributed by atoms with Crippen LogP contribution in [0, 0.1) is 35.5 Å². The largest absolute Gasteiger partial charge is 0.389 e. The first-order chi connectivity index (χ1) is 19.4. The second-order valence-corrected chi connectivity index (χ2v) is 13.0. The van der Waals surface area contributed by atoms with E-state index in [1.54, 1.807) is 0 Å². The van der Waals surface area contributed by atoms with Crippen LogP contribution >= 0.6 is 0 Å². The second-order valence-electron chi connectivity index (χ2n) is 13.0. The molecule has 242 valence electrons. The lowest BCUT2D eigenvalue weighted by Crippen LogP contribution is -2.38. The fourth-order valence-electron chi connectivity index (χ4n) is 6.60. The first-order valence-electron chi connectivity index (χ1n) is 16.0. The quantitative estimate of drug-likeness (QED) is 0.246. The highest BCUT2D eigenvalue weighted by atomic mass is 19.4. The van der Waals surface area contributed by atoms with Crippen molar-refractivity contribution < 1.29 is 45.3 Å². The van der Waals surface area contributed by atoms with Crippen molar-refractivity contribution in [3.05, 3.63) is 0 Å². The Kier molecular flexibility index (Phi) is 14.5. The molecule has 0 radical (unpaired) electrons. The Hall–Kier alpha value is -0.580. The van der Waals surface area contributed by atoms with Gasteiger partial charge >= 0.3 is 12.4 Å². The van der Waals surface area contributed by atoms with Crippen molar-refractivity contribution >= 4 is 0 Å². The normalized spacial score (nSPS) is 35.4. The number of hydrogen-bond donors (Lipinski definition) is 0. The third kappa shape index (κ3) is 13.7. The highest BCUT2D eigenvalue weighted by Crippen LogP contribution is 2.36. The smallest absolute Gasteiger partial charge is 0.352 e. The number of alkyl halides is 6. The maximum atomic E-state index is 12.1. The minimum absolute atomic E-state index is 0.121. The summed E-state index contributed by atoms with van der Waals surface area (Å²) in [5, 5.41) is 0. The van der Waals surface area contributed by atoms with E-state index in [1.807, 2.05) is 0 Å². The summed E-state index contributed by atoms with van der Waals surface area (Å²) in [6.45, 7) is 6.72. The van der Waals surface area contributed by atoms with E-state index in [0.29, 0.717) is 51.1 Å². The summed E-state index contributed by atoms with van der Waals surface area (Å²) in [4.78, 5) is 0. The number of rotatable bonds is 9. The minimum atomic E-state index is -4.04. The molecule has 0 unspecified atom stereocenters. The molecule has 4 rings (SSSR count). The molecule has 2 saturated carbocycles. The van der Waals surface area contributed by atoms with Gasteiger partial charge in [-0.3, -0.25) is 0 Å². The van der Waals surface area contributed by atoms with Crippen LogP contribution in [-0.2, 0) is 18.9 Å². The zero-order valence-corrected chi connectivity index (χ0v) is 25.0. The van der Waals surface area contributed by atoms with Crippen LogP contribution in [0.25, 0.3) is 0 Å². The molecule has 0 bridgehead atoms. The third-order valence-electron chi connectivity index (χ3n) is 9.43. The number of halogens is 6. The van der Waals surface area contributed by atoms with Crippen molar-refractivity contribution in [3.63, 3.8) is 0 Å². The van der Waals surface area contributed by atoms with Gasteiger partial charge in [0.2, 0.25) is 0 Å². The fourth-order valence-corrected chi connectivity index (χ4v) is 6.60. The fraction of sp³-hybridized carbons (Fsp3) is 1.00. The van der Waals surface area contributed by atoms with Gasteiger partial charge in [-0.25, -0.2) is 0 Å². The summed E-state index contributed by atoms with van der Waals surface area (Å²) in [6.07, 6.45) is 2.48. The molecule has 2 aliphatic carbocycles. The van der Waals surface area contributed by atoms with Gasteiger partial charge in [-0.1, -0.05) is 46.0 Å². The van der Waals surface area contributed by atoms with E-state index in [0.717, 1.165) is 37.5 Å². The second kappa shape index (κ2) is 17.0. The summed E-state index contributed by atoms with van der Waals surface area (Å²) in [5.41, 5.74) is 0. The van der Waals surface area contributed by atoms with Crippen LogP contribution in [0.3, 0.4) is 0 Å². The first-order valence-corrected chi connectivity index (χ1v) is 16.0. The van der Waals surface area contributed by atoms with E-state index in [9.17, 15) is 26.3 Å². The highest BCUT2D eigenvalue weighted by molar-refractivity contribution is 4.77. The highest BCUT2D eigenvalue weighted by Gasteiger charge is 2.34. The summed E-state index contributed by atoms with van der Waals surface area (Å²) >= 11 is 0. The van der Waals surface area contributed by atoms with Gasteiger partial charge in [-0.2, -0.15) is 26.3 Å². The Morgan fingerprint density at radius 2 is 0.902 bits per heavy atom. The summed E-state index contributed by atoms with van der Waals surface area (Å²) < 4.78 is 95.6. The molecule has 0 atom stereocenters. The van der Waals surface area contributed by atoms with Crippen LogP contribution in [0.15, 0.2) is 0 Å². The molecule has 0 aromatic heterocycles. The van der Waals surface area contributed by atoms with Gasteiger partial charge < -0.3 is 18.9 Å². The molecular formula is C31H52F6O4. The Balaban J connectivity index is 0.000000226. The van der Waals surface area contributed by atoms with Crippen LogP contribution in [0.5, 0.6) is 0 Å². The lowest BCUT2D eigenvalue weighted by atomic mass is 9.80. The lowest BCUT2D eigenvalue weighted by molar-refractivity contribution is -0.230. The van der Waals surface area contributed by atoms with Gasteiger partial charge in [0.25, 0.3) is 0 Å². The molecule has 2 saturated heterocycles. The molecular weight excluding hydrogens is 550 g/mol. The van der Waals surface area contributed by atoms with Crippen LogP contribution in [0.1, 0.15) is 110 Å². The zero-order valence-electron chi connectivity index (χ0n) is 25.0. The van der Waals surface area contributed by atoms with Crippen molar-refractivity contribution in [1.82, 2.24) is 0 Å². The summed E-state index contributed by atoms with van der Waals surface area (Å²) in [7, 11) is 0. The predicted molar refractivity (Wildman–Crippen MR) is 145 cm³/mol. The molecule has 4 fully saturated rings. The molecule has 10 heteroatoms. The minimum Gasteiger partial charge on any atom is -0.352 e. The van der Waals surface area contributed by atoms with Crippen molar-refractivity contribution in [2.45, 2.75) is 135 Å². The van der Waals surface area contributed by atoms with Gasteiger partial charge in [0, 0.05) is 36.5 Å². The summed E-state index contributed by atoms with van der Waals surface area (Å²) in [6, 6.07) is 0. The van der Waals surface area contributed by atoms with Gasteiger partial charge in [-0.05, 0) is 63.2 Å². The van der Waals surface area contributed by atoms with E-state index in [4.69, 9.17) is 18.9 Å². The van der Waals surface area contributed by atoms with E-state index >= 15 is 0 Å². The maximum Gasteiger partial charge on any atom is 0.389 e. The number of ether oxygens (including phenoxy) is 4. The molecule has 0 aromatic rings. The van der Waals surface area contributed by atoms with Crippen LogP contribution in [0.4, 0.5) is 26.3 Å². The molecule has 4 aliphatic rings. The van der Waals surface area contributed by atoms with Crippen molar-refractivity contribution in [1.29, 1.82) is 0 Å². The third-order valence-corrected chi connectivity index (χ3v) is 9.43. The predicted octanol–water partition coefficient (Wildman–Crippen LogP) is 9.46. The van der Waals surface area contributed by atoms with Crippen LogP contribution in [0.2, 0.25) is 0 Å². The monoisotopic (exact) mass is 602 g/mol. The molecule has 0 amide bonds. The Bertz CT molecular complexity index is 686. The summed E-state index contributed by atoms with van der Waals surface area (Å²) in [5.74, 6) is 2.84. The van der Waals surface area contributed by atoms with E-state index in [-0.39, 0.29) is 37.3 Å². The van der Waals surface area contributed by atoms with Crippen molar-refractivity contribution in [2.75, 3.05) is 26.4 Å².